The number of methoxy groups -OCH3 is 1. The molecule has 0 radical (unpaired) electrons. The van der Waals surface area contributed by atoms with Gasteiger partial charge in [-0.1, -0.05) is 23.7 Å². The molecular formula is C23H22ClFN2O3. The van der Waals surface area contributed by atoms with Crippen LogP contribution in [0.1, 0.15) is 11.1 Å². The van der Waals surface area contributed by atoms with Crippen molar-refractivity contribution in [1.82, 2.24) is 0 Å². The molecule has 0 aliphatic rings. The summed E-state index contributed by atoms with van der Waals surface area (Å²) in [5, 5.41) is 6.66. The van der Waals surface area contributed by atoms with E-state index in [2.05, 4.69) is 10.6 Å². The molecule has 3 aromatic carbocycles. The quantitative estimate of drug-likeness (QED) is 0.502. The molecule has 0 unspecified atom stereocenters. The lowest BCUT2D eigenvalue weighted by molar-refractivity contribution is -0.118. The van der Waals surface area contributed by atoms with E-state index >= 15 is 0 Å². The zero-order chi connectivity index (χ0) is 21.5. The molecule has 30 heavy (non-hydrogen) atoms. The molecule has 0 spiro atoms. The minimum absolute atomic E-state index is 0.201. The number of aryl methyl sites for hydroxylation is 1. The number of halogens is 2. The van der Waals surface area contributed by atoms with E-state index in [1.165, 1.54) is 24.3 Å². The van der Waals surface area contributed by atoms with Crippen LogP contribution in [-0.4, -0.2) is 19.6 Å². The fourth-order valence-corrected chi connectivity index (χ4v) is 2.97. The number of carbonyl (C=O) groups excluding carboxylic acids is 1. The third-order valence-electron chi connectivity index (χ3n) is 4.40. The number of benzene rings is 3. The molecule has 0 fully saturated rings. The first-order valence-corrected chi connectivity index (χ1v) is 9.67. The number of ether oxygens (including phenoxy) is 2. The molecule has 0 aliphatic carbocycles. The number of carbonyl (C=O) groups is 1. The summed E-state index contributed by atoms with van der Waals surface area (Å²) in [6, 6.07) is 16.7. The minimum atomic E-state index is -0.367. The Balaban J connectivity index is 1.58. The van der Waals surface area contributed by atoms with Crippen molar-refractivity contribution in [3.63, 3.8) is 0 Å². The molecule has 3 rings (SSSR count). The van der Waals surface area contributed by atoms with Crippen LogP contribution in [0, 0.1) is 12.7 Å². The summed E-state index contributed by atoms with van der Waals surface area (Å²) in [5.74, 6) is 0.251. The molecule has 7 heteroatoms. The highest BCUT2D eigenvalue weighted by Crippen LogP contribution is 2.29. The largest absolute Gasteiger partial charge is 0.493 e. The molecule has 0 heterocycles. The second-order valence-corrected chi connectivity index (χ2v) is 7.08. The van der Waals surface area contributed by atoms with E-state index in [4.69, 9.17) is 21.1 Å². The second-order valence-electron chi connectivity index (χ2n) is 6.64. The molecule has 0 bridgehead atoms. The van der Waals surface area contributed by atoms with Crippen molar-refractivity contribution in [2.75, 3.05) is 24.4 Å². The first-order chi connectivity index (χ1) is 14.4. The van der Waals surface area contributed by atoms with Crippen LogP contribution in [0.4, 0.5) is 15.8 Å². The summed E-state index contributed by atoms with van der Waals surface area (Å²) in [5.41, 5.74) is 3.53. The Labute approximate surface area is 179 Å². The van der Waals surface area contributed by atoms with Crippen LogP contribution in [0.25, 0.3) is 0 Å². The standard InChI is InChI=1S/C23H22ClFN2O3/c1-15-3-5-17(24)12-20(15)26-13-16-4-10-21(22(11-16)29-2)30-14-23(28)27-19-8-6-18(25)7-9-19/h3-12,26H,13-14H2,1-2H3,(H,27,28). The SMILES string of the molecule is COc1cc(CNc2cc(Cl)ccc2C)ccc1OCC(=O)Nc1ccc(F)cc1. The van der Waals surface area contributed by atoms with Gasteiger partial charge in [0.15, 0.2) is 18.1 Å². The molecule has 0 aromatic heterocycles. The molecule has 2 N–H and O–H groups in total. The lowest BCUT2D eigenvalue weighted by Gasteiger charge is -2.14. The van der Waals surface area contributed by atoms with Gasteiger partial charge in [-0.2, -0.15) is 0 Å². The summed E-state index contributed by atoms with van der Waals surface area (Å²) in [6.07, 6.45) is 0. The average Bonchev–Trinajstić information content (AvgIpc) is 2.74. The van der Waals surface area contributed by atoms with Crippen molar-refractivity contribution in [1.29, 1.82) is 0 Å². The van der Waals surface area contributed by atoms with Crippen LogP contribution < -0.4 is 20.1 Å². The molecule has 1 amide bonds. The Kier molecular flexibility index (Phi) is 7.14. The molecule has 0 aliphatic heterocycles. The first-order valence-electron chi connectivity index (χ1n) is 9.30. The molecular weight excluding hydrogens is 407 g/mol. The van der Waals surface area contributed by atoms with E-state index in [9.17, 15) is 9.18 Å². The molecule has 5 nitrogen and oxygen atoms in total. The lowest BCUT2D eigenvalue weighted by atomic mass is 10.1. The fraction of sp³-hybridized carbons (Fsp3) is 0.174. The highest BCUT2D eigenvalue weighted by atomic mass is 35.5. The average molecular weight is 429 g/mol. The Morgan fingerprint density at radius 1 is 1.03 bits per heavy atom. The van der Waals surface area contributed by atoms with Crippen LogP contribution in [0.15, 0.2) is 60.7 Å². The van der Waals surface area contributed by atoms with E-state index < -0.39 is 0 Å². The van der Waals surface area contributed by atoms with Gasteiger partial charge in [-0.05, 0) is 66.6 Å². The number of rotatable bonds is 8. The Hall–Kier alpha value is -3.25. The third kappa shape index (κ3) is 5.87. The van der Waals surface area contributed by atoms with Gasteiger partial charge in [-0.3, -0.25) is 4.79 Å². The maximum Gasteiger partial charge on any atom is 0.262 e. The predicted molar refractivity (Wildman–Crippen MR) is 117 cm³/mol. The third-order valence-corrected chi connectivity index (χ3v) is 4.63. The van der Waals surface area contributed by atoms with Gasteiger partial charge in [0.2, 0.25) is 0 Å². The maximum absolute atomic E-state index is 12.9. The molecule has 0 atom stereocenters. The zero-order valence-corrected chi connectivity index (χ0v) is 17.4. The number of nitrogens with one attached hydrogen (secondary N) is 2. The van der Waals surface area contributed by atoms with Gasteiger partial charge < -0.3 is 20.1 Å². The molecule has 3 aromatic rings. The van der Waals surface area contributed by atoms with Crippen LogP contribution in [0.3, 0.4) is 0 Å². The number of hydrogen-bond donors (Lipinski definition) is 2. The highest BCUT2D eigenvalue weighted by Gasteiger charge is 2.10. The van der Waals surface area contributed by atoms with Gasteiger partial charge in [-0.25, -0.2) is 4.39 Å². The van der Waals surface area contributed by atoms with Gasteiger partial charge in [-0.15, -0.1) is 0 Å². The number of hydrogen-bond acceptors (Lipinski definition) is 4. The van der Waals surface area contributed by atoms with Gasteiger partial charge in [0.1, 0.15) is 5.82 Å². The Bertz CT molecular complexity index is 1030. The van der Waals surface area contributed by atoms with E-state index in [1.54, 1.807) is 13.2 Å². The van der Waals surface area contributed by atoms with Gasteiger partial charge in [0.25, 0.3) is 5.91 Å². The van der Waals surface area contributed by atoms with Crippen molar-refractivity contribution in [3.05, 3.63) is 82.6 Å². The monoisotopic (exact) mass is 428 g/mol. The van der Waals surface area contributed by atoms with Crippen LogP contribution >= 0.6 is 11.6 Å². The van der Waals surface area contributed by atoms with Gasteiger partial charge in [0.05, 0.1) is 7.11 Å². The summed E-state index contributed by atoms with van der Waals surface area (Å²) in [4.78, 5) is 12.1. The summed E-state index contributed by atoms with van der Waals surface area (Å²) in [6.45, 7) is 2.38. The van der Waals surface area contributed by atoms with Crippen molar-refractivity contribution < 1.29 is 18.7 Å². The summed E-state index contributed by atoms with van der Waals surface area (Å²) < 4.78 is 23.9. The van der Waals surface area contributed by atoms with Crippen molar-refractivity contribution >= 4 is 28.9 Å². The van der Waals surface area contributed by atoms with Crippen LogP contribution in [0.2, 0.25) is 5.02 Å². The maximum atomic E-state index is 12.9. The molecule has 0 saturated heterocycles. The minimum Gasteiger partial charge on any atom is -0.493 e. The van der Waals surface area contributed by atoms with Crippen molar-refractivity contribution in [2.24, 2.45) is 0 Å². The van der Waals surface area contributed by atoms with E-state index in [0.717, 1.165) is 16.8 Å². The number of anilines is 2. The highest BCUT2D eigenvalue weighted by molar-refractivity contribution is 6.30. The smallest absolute Gasteiger partial charge is 0.262 e. The predicted octanol–water partition coefficient (Wildman–Crippen LogP) is 5.43. The topological polar surface area (TPSA) is 59.6 Å². The van der Waals surface area contributed by atoms with Crippen molar-refractivity contribution in [3.8, 4) is 11.5 Å². The zero-order valence-electron chi connectivity index (χ0n) is 16.7. The Morgan fingerprint density at radius 2 is 1.80 bits per heavy atom. The van der Waals surface area contributed by atoms with E-state index in [-0.39, 0.29) is 18.3 Å². The normalized spacial score (nSPS) is 10.4. The van der Waals surface area contributed by atoms with Crippen LogP contribution in [0.5, 0.6) is 11.5 Å². The lowest BCUT2D eigenvalue weighted by Crippen LogP contribution is -2.20. The fourth-order valence-electron chi connectivity index (χ4n) is 2.80. The van der Waals surface area contributed by atoms with E-state index in [0.29, 0.717) is 28.8 Å². The Morgan fingerprint density at radius 3 is 2.53 bits per heavy atom. The van der Waals surface area contributed by atoms with Crippen molar-refractivity contribution in [2.45, 2.75) is 13.5 Å². The van der Waals surface area contributed by atoms with Crippen LogP contribution in [-0.2, 0) is 11.3 Å². The summed E-state index contributed by atoms with van der Waals surface area (Å²) in [7, 11) is 1.54. The van der Waals surface area contributed by atoms with Gasteiger partial charge >= 0.3 is 0 Å². The first kappa shape index (κ1) is 21.5. The number of amides is 1. The second kappa shape index (κ2) is 9.98. The summed E-state index contributed by atoms with van der Waals surface area (Å²) >= 11 is 6.06. The van der Waals surface area contributed by atoms with E-state index in [1.807, 2.05) is 37.3 Å². The molecule has 156 valence electrons. The van der Waals surface area contributed by atoms with Gasteiger partial charge in [0, 0.05) is 22.9 Å². The molecule has 0 saturated carbocycles.